The Balaban J connectivity index is 2.07. The Bertz CT molecular complexity index is 724. The number of nitrogens with zero attached hydrogens (tertiary/aromatic N) is 1. The molecule has 0 fully saturated rings. The number of esters is 1. The highest BCUT2D eigenvalue weighted by molar-refractivity contribution is 5.99. The average Bonchev–Trinajstić information content (AvgIpc) is 3.10. The Labute approximate surface area is 139 Å². The summed E-state index contributed by atoms with van der Waals surface area (Å²) in [5, 5.41) is 2.67. The molecular weight excluding hydrogens is 312 g/mol. The highest BCUT2D eigenvalue weighted by Crippen LogP contribution is 2.17. The molecule has 1 aromatic heterocycles. The standard InChI is InChI=1S/C17H18N2O5/c1-12(20)19(11-16(21)18-10-15-7-4-8-24-15)14-6-3-5-13(9-14)17(22)23-2/h3-9H,10-11H2,1-2H3,(H,18,21). The van der Waals surface area contributed by atoms with Crippen molar-refractivity contribution in [3.8, 4) is 0 Å². The molecule has 0 saturated carbocycles. The molecule has 0 saturated heterocycles. The van der Waals surface area contributed by atoms with Crippen LogP contribution in [0.1, 0.15) is 23.0 Å². The number of amides is 2. The summed E-state index contributed by atoms with van der Waals surface area (Å²) < 4.78 is 9.79. The first-order valence-corrected chi connectivity index (χ1v) is 7.27. The fourth-order valence-corrected chi connectivity index (χ4v) is 2.10. The van der Waals surface area contributed by atoms with Crippen LogP contribution in [0.15, 0.2) is 47.1 Å². The maximum absolute atomic E-state index is 12.1. The fourth-order valence-electron chi connectivity index (χ4n) is 2.10. The molecular formula is C17H18N2O5. The molecule has 1 heterocycles. The van der Waals surface area contributed by atoms with Crippen molar-refractivity contribution in [3.63, 3.8) is 0 Å². The van der Waals surface area contributed by atoms with Gasteiger partial charge in [0.05, 0.1) is 25.5 Å². The van der Waals surface area contributed by atoms with Gasteiger partial charge in [0, 0.05) is 12.6 Å². The number of methoxy groups -OCH3 is 1. The number of hydrogen-bond acceptors (Lipinski definition) is 5. The fraction of sp³-hybridized carbons (Fsp3) is 0.235. The van der Waals surface area contributed by atoms with E-state index in [2.05, 4.69) is 10.1 Å². The summed E-state index contributed by atoms with van der Waals surface area (Å²) >= 11 is 0. The minimum absolute atomic E-state index is 0.166. The molecule has 24 heavy (non-hydrogen) atoms. The Kier molecular flexibility index (Phi) is 5.73. The number of rotatable bonds is 6. The molecule has 2 aromatic rings. The first-order valence-electron chi connectivity index (χ1n) is 7.27. The van der Waals surface area contributed by atoms with E-state index in [0.717, 1.165) is 0 Å². The van der Waals surface area contributed by atoms with Crippen LogP contribution < -0.4 is 10.2 Å². The predicted octanol–water partition coefficient (Wildman–Crippen LogP) is 1.74. The second-order valence-corrected chi connectivity index (χ2v) is 5.00. The van der Waals surface area contributed by atoms with Crippen LogP contribution in [0, 0.1) is 0 Å². The summed E-state index contributed by atoms with van der Waals surface area (Å²) in [6.45, 7) is 1.42. The van der Waals surface area contributed by atoms with Gasteiger partial charge >= 0.3 is 5.97 Å². The van der Waals surface area contributed by atoms with Crippen molar-refractivity contribution in [2.45, 2.75) is 13.5 Å². The molecule has 0 radical (unpaired) electrons. The number of benzene rings is 1. The summed E-state index contributed by atoms with van der Waals surface area (Å²) in [4.78, 5) is 36.8. The molecule has 1 aromatic carbocycles. The second-order valence-electron chi connectivity index (χ2n) is 5.00. The van der Waals surface area contributed by atoms with Crippen LogP contribution in [0.5, 0.6) is 0 Å². The smallest absolute Gasteiger partial charge is 0.337 e. The van der Waals surface area contributed by atoms with Crippen LogP contribution in [0.2, 0.25) is 0 Å². The van der Waals surface area contributed by atoms with Crippen LogP contribution in [0.4, 0.5) is 5.69 Å². The summed E-state index contributed by atoms with van der Waals surface area (Å²) in [7, 11) is 1.28. The topological polar surface area (TPSA) is 88.8 Å². The molecule has 0 atom stereocenters. The highest BCUT2D eigenvalue weighted by atomic mass is 16.5. The van der Waals surface area contributed by atoms with Crippen LogP contribution in [-0.4, -0.2) is 31.4 Å². The third-order valence-corrected chi connectivity index (χ3v) is 3.30. The van der Waals surface area contributed by atoms with E-state index < -0.39 is 5.97 Å². The van der Waals surface area contributed by atoms with E-state index in [1.807, 2.05) is 0 Å². The van der Waals surface area contributed by atoms with E-state index in [0.29, 0.717) is 17.0 Å². The van der Waals surface area contributed by atoms with Crippen molar-refractivity contribution in [2.75, 3.05) is 18.6 Å². The number of ether oxygens (including phenoxy) is 1. The zero-order chi connectivity index (χ0) is 17.5. The molecule has 7 nitrogen and oxygen atoms in total. The number of furan rings is 1. The SMILES string of the molecule is COC(=O)c1cccc(N(CC(=O)NCc2ccco2)C(C)=O)c1. The quantitative estimate of drug-likeness (QED) is 0.815. The normalized spacial score (nSPS) is 10.1. The summed E-state index contributed by atoms with van der Waals surface area (Å²) in [6.07, 6.45) is 1.52. The Hall–Kier alpha value is -3.09. The molecule has 0 bridgehead atoms. The number of carbonyl (C=O) groups is 3. The molecule has 7 heteroatoms. The molecule has 126 valence electrons. The van der Waals surface area contributed by atoms with Gasteiger partial charge in [-0.05, 0) is 30.3 Å². The van der Waals surface area contributed by atoms with Gasteiger partial charge in [-0.2, -0.15) is 0 Å². The minimum atomic E-state index is -0.511. The van der Waals surface area contributed by atoms with Crippen molar-refractivity contribution >= 4 is 23.5 Å². The minimum Gasteiger partial charge on any atom is -0.467 e. The van der Waals surface area contributed by atoms with Gasteiger partial charge in [-0.1, -0.05) is 6.07 Å². The average molecular weight is 330 g/mol. The van der Waals surface area contributed by atoms with Crippen LogP contribution >= 0.6 is 0 Å². The van der Waals surface area contributed by atoms with E-state index in [9.17, 15) is 14.4 Å². The van der Waals surface area contributed by atoms with Gasteiger partial charge in [0.15, 0.2) is 0 Å². The van der Waals surface area contributed by atoms with Crippen molar-refractivity contribution in [1.82, 2.24) is 5.32 Å². The molecule has 1 N–H and O–H groups in total. The van der Waals surface area contributed by atoms with E-state index in [1.54, 1.807) is 30.3 Å². The van der Waals surface area contributed by atoms with E-state index >= 15 is 0 Å². The van der Waals surface area contributed by atoms with Crippen molar-refractivity contribution < 1.29 is 23.5 Å². The molecule has 0 aliphatic heterocycles. The molecule has 2 amide bonds. The van der Waals surface area contributed by atoms with Gasteiger partial charge in [0.2, 0.25) is 11.8 Å². The van der Waals surface area contributed by atoms with Gasteiger partial charge in [-0.25, -0.2) is 4.79 Å². The van der Waals surface area contributed by atoms with Crippen LogP contribution in [0.25, 0.3) is 0 Å². The van der Waals surface area contributed by atoms with Gasteiger partial charge in [0.1, 0.15) is 12.3 Å². The second kappa shape index (κ2) is 7.96. The number of hydrogen-bond donors (Lipinski definition) is 1. The van der Waals surface area contributed by atoms with Gasteiger partial charge in [-0.15, -0.1) is 0 Å². The van der Waals surface area contributed by atoms with E-state index in [1.165, 1.54) is 31.3 Å². The van der Waals surface area contributed by atoms with E-state index in [4.69, 9.17) is 4.42 Å². The zero-order valence-electron chi connectivity index (χ0n) is 13.4. The monoisotopic (exact) mass is 330 g/mol. The zero-order valence-corrected chi connectivity index (χ0v) is 13.4. The van der Waals surface area contributed by atoms with Crippen LogP contribution in [-0.2, 0) is 20.9 Å². The first-order chi connectivity index (χ1) is 11.5. The lowest BCUT2D eigenvalue weighted by atomic mass is 10.2. The highest BCUT2D eigenvalue weighted by Gasteiger charge is 2.17. The molecule has 2 rings (SSSR count). The lowest BCUT2D eigenvalue weighted by Gasteiger charge is -2.21. The number of anilines is 1. The number of nitrogens with one attached hydrogen (secondary N) is 1. The van der Waals surface area contributed by atoms with Crippen molar-refractivity contribution in [3.05, 3.63) is 54.0 Å². The Morgan fingerprint density at radius 2 is 2.00 bits per heavy atom. The predicted molar refractivity (Wildman–Crippen MR) is 86.4 cm³/mol. The summed E-state index contributed by atoms with van der Waals surface area (Å²) in [6, 6.07) is 9.81. The summed E-state index contributed by atoms with van der Waals surface area (Å²) in [5.74, 6) is -0.553. The largest absolute Gasteiger partial charge is 0.467 e. The van der Waals surface area contributed by atoms with Crippen molar-refractivity contribution in [2.24, 2.45) is 0 Å². The summed E-state index contributed by atoms with van der Waals surface area (Å²) in [5.41, 5.74) is 0.746. The number of carbonyl (C=O) groups excluding carboxylic acids is 3. The van der Waals surface area contributed by atoms with Crippen molar-refractivity contribution in [1.29, 1.82) is 0 Å². The lowest BCUT2D eigenvalue weighted by molar-refractivity contribution is -0.123. The van der Waals surface area contributed by atoms with Gasteiger partial charge < -0.3 is 19.4 Å². The molecule has 0 unspecified atom stereocenters. The third-order valence-electron chi connectivity index (χ3n) is 3.30. The Morgan fingerprint density at radius 1 is 1.21 bits per heavy atom. The van der Waals surface area contributed by atoms with Crippen LogP contribution in [0.3, 0.4) is 0 Å². The molecule has 0 aliphatic rings. The van der Waals surface area contributed by atoms with E-state index in [-0.39, 0.29) is 24.9 Å². The molecule has 0 spiro atoms. The maximum atomic E-state index is 12.1. The van der Waals surface area contributed by atoms with Gasteiger partial charge in [0.25, 0.3) is 0 Å². The Morgan fingerprint density at radius 3 is 2.62 bits per heavy atom. The first kappa shape index (κ1) is 17.3. The third kappa shape index (κ3) is 4.45. The molecule has 0 aliphatic carbocycles. The lowest BCUT2D eigenvalue weighted by Crippen LogP contribution is -2.39. The van der Waals surface area contributed by atoms with Gasteiger partial charge in [-0.3, -0.25) is 9.59 Å². The maximum Gasteiger partial charge on any atom is 0.337 e.